The lowest BCUT2D eigenvalue weighted by Gasteiger charge is -2.35. The van der Waals surface area contributed by atoms with Crippen molar-refractivity contribution >= 4 is 5.97 Å². The molecule has 0 saturated carbocycles. The van der Waals surface area contributed by atoms with E-state index in [9.17, 15) is 9.90 Å². The van der Waals surface area contributed by atoms with Gasteiger partial charge in [0.05, 0.1) is 18.3 Å². The Labute approximate surface area is 154 Å². The van der Waals surface area contributed by atoms with Gasteiger partial charge in [-0.05, 0) is 66.5 Å². The fourth-order valence-corrected chi connectivity index (χ4v) is 3.26. The molecule has 0 radical (unpaired) electrons. The molecule has 4 nitrogen and oxygen atoms in total. The van der Waals surface area contributed by atoms with E-state index in [1.807, 2.05) is 12.1 Å². The highest BCUT2D eigenvalue weighted by Gasteiger charge is 2.31. The molecule has 2 aromatic rings. The second kappa shape index (κ2) is 7.31. The van der Waals surface area contributed by atoms with Crippen LogP contribution in [-0.2, 0) is 10.2 Å². The van der Waals surface area contributed by atoms with Gasteiger partial charge in [0.25, 0.3) is 0 Å². The highest BCUT2D eigenvalue weighted by molar-refractivity contribution is 5.89. The number of benzene rings is 1. The van der Waals surface area contributed by atoms with Crippen LogP contribution in [0.1, 0.15) is 72.5 Å². The maximum atomic E-state index is 11.6. The van der Waals surface area contributed by atoms with E-state index in [0.717, 1.165) is 24.0 Å². The van der Waals surface area contributed by atoms with E-state index >= 15 is 0 Å². The van der Waals surface area contributed by atoms with Crippen molar-refractivity contribution in [3.63, 3.8) is 0 Å². The van der Waals surface area contributed by atoms with Crippen LogP contribution in [0.2, 0.25) is 0 Å². The first kappa shape index (κ1) is 18.2. The third kappa shape index (κ3) is 3.79. The second-order valence-corrected chi connectivity index (χ2v) is 7.14. The quantitative estimate of drug-likeness (QED) is 0.662. The first-order valence-electron chi connectivity index (χ1n) is 8.88. The molecule has 1 aromatic heterocycles. The number of aliphatic hydroxyl groups is 1. The molecule has 134 valence electrons. The van der Waals surface area contributed by atoms with E-state index < -0.39 is 6.10 Å². The summed E-state index contributed by atoms with van der Waals surface area (Å²) in [6.45, 7) is 6.51. The lowest BCUT2D eigenvalue weighted by atomic mass is 9.71. The molecule has 1 aromatic carbocycles. The maximum absolute atomic E-state index is 11.6. The van der Waals surface area contributed by atoms with Crippen molar-refractivity contribution in [2.45, 2.75) is 45.1 Å². The van der Waals surface area contributed by atoms with Crippen molar-refractivity contribution in [3.8, 4) is 11.8 Å². The van der Waals surface area contributed by atoms with Gasteiger partial charge in [-0.15, -0.1) is 0 Å². The van der Waals surface area contributed by atoms with E-state index in [1.54, 1.807) is 19.1 Å². The Morgan fingerprint density at radius 1 is 1.31 bits per heavy atom. The molecule has 1 heterocycles. The van der Waals surface area contributed by atoms with Gasteiger partial charge in [0.15, 0.2) is 0 Å². The fraction of sp³-hybridized carbons (Fsp3) is 0.364. The van der Waals surface area contributed by atoms with Crippen LogP contribution >= 0.6 is 0 Å². The maximum Gasteiger partial charge on any atom is 0.339 e. The molecule has 0 aliphatic heterocycles. The molecular formula is C22H23NO3. The van der Waals surface area contributed by atoms with Gasteiger partial charge in [-0.2, -0.15) is 0 Å². The fourth-order valence-electron chi connectivity index (χ4n) is 3.26. The van der Waals surface area contributed by atoms with Crippen LogP contribution < -0.4 is 0 Å². The summed E-state index contributed by atoms with van der Waals surface area (Å²) in [5.74, 6) is 5.72. The summed E-state index contributed by atoms with van der Waals surface area (Å²) < 4.78 is 4.94. The Balaban J connectivity index is 1.83. The van der Waals surface area contributed by atoms with Crippen molar-refractivity contribution in [1.82, 2.24) is 4.98 Å². The Bertz CT molecular complexity index is 872. The molecule has 0 saturated heterocycles. The van der Waals surface area contributed by atoms with Crippen molar-refractivity contribution in [1.29, 1.82) is 0 Å². The highest BCUT2D eigenvalue weighted by atomic mass is 16.5. The number of hydrogen-bond acceptors (Lipinski definition) is 4. The smallest absolute Gasteiger partial charge is 0.339 e. The van der Waals surface area contributed by atoms with Gasteiger partial charge in [-0.1, -0.05) is 25.8 Å². The van der Waals surface area contributed by atoms with Gasteiger partial charge < -0.3 is 9.84 Å². The summed E-state index contributed by atoms with van der Waals surface area (Å²) in [6.07, 6.45) is 2.79. The number of aliphatic hydroxyl groups excluding tert-OH is 1. The lowest BCUT2D eigenvalue weighted by Crippen LogP contribution is -2.26. The average molecular weight is 349 g/mol. The number of carbonyl (C=O) groups is 1. The topological polar surface area (TPSA) is 59.4 Å². The minimum Gasteiger partial charge on any atom is -0.462 e. The summed E-state index contributed by atoms with van der Waals surface area (Å²) in [5.41, 5.74) is 4.08. The number of hydrogen-bond donors (Lipinski definition) is 1. The summed E-state index contributed by atoms with van der Waals surface area (Å²) in [5, 5.41) is 10.3. The summed E-state index contributed by atoms with van der Waals surface area (Å²) in [7, 11) is 0. The molecule has 0 bridgehead atoms. The SMILES string of the molecule is CCOC(=O)c1ccc(C#Cc2ccc3c(c2)C(O)CCC3(C)C)nc1. The third-order valence-corrected chi connectivity index (χ3v) is 4.79. The Morgan fingerprint density at radius 3 is 2.81 bits per heavy atom. The van der Waals surface area contributed by atoms with Crippen LogP contribution in [0.15, 0.2) is 36.5 Å². The van der Waals surface area contributed by atoms with Crippen molar-refractivity contribution in [2.75, 3.05) is 6.61 Å². The molecule has 26 heavy (non-hydrogen) atoms. The Hall–Kier alpha value is -2.64. The van der Waals surface area contributed by atoms with Gasteiger partial charge in [0, 0.05) is 11.8 Å². The summed E-state index contributed by atoms with van der Waals surface area (Å²) >= 11 is 0. The largest absolute Gasteiger partial charge is 0.462 e. The van der Waals surface area contributed by atoms with E-state index in [1.165, 1.54) is 11.8 Å². The van der Waals surface area contributed by atoms with E-state index in [4.69, 9.17) is 4.74 Å². The standard InChI is InChI=1S/C22H23NO3/c1-4-26-21(25)16-7-9-17(23-14-16)8-5-15-6-10-19-18(13-15)20(24)11-12-22(19,2)3/h6-7,9-10,13-14,20,24H,4,11-12H2,1-3H3. The molecule has 1 aliphatic carbocycles. The van der Waals surface area contributed by atoms with Gasteiger partial charge >= 0.3 is 5.97 Å². The number of esters is 1. The molecule has 0 spiro atoms. The predicted octanol–water partition coefficient (Wildman–Crippen LogP) is 3.76. The molecule has 1 atom stereocenters. The Morgan fingerprint density at radius 2 is 2.12 bits per heavy atom. The molecule has 1 unspecified atom stereocenters. The molecular weight excluding hydrogens is 326 g/mol. The predicted molar refractivity (Wildman–Crippen MR) is 99.8 cm³/mol. The van der Waals surface area contributed by atoms with Gasteiger partial charge in [0.1, 0.15) is 5.69 Å². The van der Waals surface area contributed by atoms with Crippen LogP contribution in [0.25, 0.3) is 0 Å². The number of ether oxygens (including phenoxy) is 1. The molecule has 1 aliphatic rings. The Kier molecular flexibility index (Phi) is 5.11. The average Bonchev–Trinajstić information content (AvgIpc) is 2.64. The number of nitrogens with zero attached hydrogens (tertiary/aromatic N) is 1. The van der Waals surface area contributed by atoms with Crippen molar-refractivity contribution in [3.05, 3.63) is 64.5 Å². The monoisotopic (exact) mass is 349 g/mol. The van der Waals surface area contributed by atoms with Crippen LogP contribution in [0, 0.1) is 11.8 Å². The van der Waals surface area contributed by atoms with E-state index in [2.05, 4.69) is 36.7 Å². The van der Waals surface area contributed by atoms with Crippen molar-refractivity contribution < 1.29 is 14.6 Å². The minimum atomic E-state index is -0.429. The van der Waals surface area contributed by atoms with Crippen LogP contribution in [0.4, 0.5) is 0 Å². The summed E-state index contributed by atoms with van der Waals surface area (Å²) in [6, 6.07) is 9.39. The third-order valence-electron chi connectivity index (χ3n) is 4.79. The van der Waals surface area contributed by atoms with Crippen LogP contribution in [0.3, 0.4) is 0 Å². The number of aromatic nitrogens is 1. The number of pyridine rings is 1. The zero-order valence-corrected chi connectivity index (χ0v) is 15.4. The summed E-state index contributed by atoms with van der Waals surface area (Å²) in [4.78, 5) is 15.8. The van der Waals surface area contributed by atoms with Gasteiger partial charge in [0.2, 0.25) is 0 Å². The van der Waals surface area contributed by atoms with Crippen LogP contribution in [-0.4, -0.2) is 22.7 Å². The van der Waals surface area contributed by atoms with Crippen LogP contribution in [0.5, 0.6) is 0 Å². The van der Waals surface area contributed by atoms with E-state index in [0.29, 0.717) is 17.9 Å². The van der Waals surface area contributed by atoms with Gasteiger partial charge in [-0.3, -0.25) is 0 Å². The first-order chi connectivity index (χ1) is 12.4. The zero-order chi connectivity index (χ0) is 18.7. The highest BCUT2D eigenvalue weighted by Crippen LogP contribution is 2.41. The van der Waals surface area contributed by atoms with Crippen molar-refractivity contribution in [2.24, 2.45) is 0 Å². The molecule has 1 N–H and O–H groups in total. The molecule has 4 heteroatoms. The minimum absolute atomic E-state index is 0.0744. The number of carbonyl (C=O) groups excluding carboxylic acids is 1. The molecule has 0 fully saturated rings. The number of fused-ring (bicyclic) bond motifs is 1. The first-order valence-corrected chi connectivity index (χ1v) is 8.88. The lowest BCUT2D eigenvalue weighted by molar-refractivity contribution is 0.0526. The molecule has 3 rings (SSSR count). The molecule has 0 amide bonds. The zero-order valence-electron chi connectivity index (χ0n) is 15.4. The normalized spacial score (nSPS) is 17.6. The van der Waals surface area contributed by atoms with Gasteiger partial charge in [-0.25, -0.2) is 9.78 Å². The number of rotatable bonds is 2. The van der Waals surface area contributed by atoms with E-state index in [-0.39, 0.29) is 11.4 Å². The second-order valence-electron chi connectivity index (χ2n) is 7.14.